The number of benzene rings is 1. The predicted octanol–water partition coefficient (Wildman–Crippen LogP) is 2.38. The highest BCUT2D eigenvalue weighted by Crippen LogP contribution is 2.33. The van der Waals surface area contributed by atoms with Gasteiger partial charge in [0.1, 0.15) is 12.1 Å². The van der Waals surface area contributed by atoms with Crippen LogP contribution < -0.4 is 16.1 Å². The first-order valence-corrected chi connectivity index (χ1v) is 14.1. The molecule has 2 aliphatic rings. The minimum absolute atomic E-state index is 0.0261. The zero-order valence-electron chi connectivity index (χ0n) is 24.6. The second kappa shape index (κ2) is 15.1. The van der Waals surface area contributed by atoms with Crippen molar-refractivity contribution in [2.24, 2.45) is 11.3 Å². The lowest BCUT2D eigenvalue weighted by Crippen LogP contribution is -2.59. The molecule has 3 amide bonds. The number of hydrazine groups is 1. The van der Waals surface area contributed by atoms with Crippen LogP contribution in [-0.2, 0) is 31.8 Å². The average Bonchev–Trinajstić information content (AvgIpc) is 3.52. The van der Waals surface area contributed by atoms with Gasteiger partial charge in [-0.05, 0) is 35.8 Å². The molecule has 6 unspecified atom stereocenters. The number of hydrogen-bond acceptors (Lipinski definition) is 8. The van der Waals surface area contributed by atoms with E-state index in [0.29, 0.717) is 13.0 Å². The van der Waals surface area contributed by atoms with Crippen LogP contribution in [0.4, 0.5) is 9.59 Å². The minimum Gasteiger partial charge on any atom is -0.465 e. The molecule has 12 nitrogen and oxygen atoms in total. The van der Waals surface area contributed by atoms with Crippen LogP contribution >= 0.6 is 0 Å². The quantitative estimate of drug-likeness (QED) is 0.162. The van der Waals surface area contributed by atoms with Gasteiger partial charge in [0.05, 0.1) is 31.3 Å². The number of aliphatic hydroxyl groups excluding tert-OH is 1. The van der Waals surface area contributed by atoms with E-state index in [4.69, 9.17) is 14.2 Å². The lowest BCUT2D eigenvalue weighted by Gasteiger charge is -2.34. The second-order valence-corrected chi connectivity index (χ2v) is 11.7. The lowest BCUT2D eigenvalue weighted by atomic mass is 9.85. The standard InChI is InChI=1S/C30H44N4O8/c1-6-8-19-9-11-20(12-10-19)16-22(31-26(36)25(30(3,4)5)32-28(37)38)23(35)17-34(14-7-2)33-29(39)42-24-18-41-27-21(24)13-15-40-27/h6-7,9-12,21-25,27,32,35H,1-2,8,13-18H2,3-5H3,(H,31,36)(H,33,39)(H,37,38). The van der Waals surface area contributed by atoms with Crippen molar-refractivity contribution in [1.82, 2.24) is 21.1 Å². The van der Waals surface area contributed by atoms with Gasteiger partial charge in [0.25, 0.3) is 0 Å². The normalized spacial score (nSPS) is 22.0. The molecule has 2 aliphatic heterocycles. The molecule has 2 fully saturated rings. The molecule has 232 valence electrons. The maximum absolute atomic E-state index is 13.3. The van der Waals surface area contributed by atoms with Gasteiger partial charge in [-0.2, -0.15) is 0 Å². The molecule has 2 saturated heterocycles. The highest BCUT2D eigenvalue weighted by molar-refractivity contribution is 5.86. The van der Waals surface area contributed by atoms with E-state index in [1.54, 1.807) is 32.9 Å². The summed E-state index contributed by atoms with van der Waals surface area (Å²) in [5, 5.41) is 27.3. The molecule has 1 aromatic rings. The van der Waals surface area contributed by atoms with Crippen molar-refractivity contribution in [1.29, 1.82) is 0 Å². The Morgan fingerprint density at radius 2 is 1.81 bits per heavy atom. The number of ether oxygens (including phenoxy) is 3. The molecular formula is C30H44N4O8. The molecule has 42 heavy (non-hydrogen) atoms. The number of aliphatic hydroxyl groups is 1. The number of carbonyl (C=O) groups excluding carboxylic acids is 2. The summed E-state index contributed by atoms with van der Waals surface area (Å²) in [6.07, 6.45) is 1.04. The topological polar surface area (TPSA) is 159 Å². The summed E-state index contributed by atoms with van der Waals surface area (Å²) in [6, 6.07) is 5.80. The fraction of sp³-hybridized carbons (Fsp3) is 0.567. The first-order chi connectivity index (χ1) is 19.9. The van der Waals surface area contributed by atoms with E-state index in [1.807, 2.05) is 24.3 Å². The molecule has 12 heteroatoms. The summed E-state index contributed by atoms with van der Waals surface area (Å²) in [5.41, 5.74) is 3.83. The van der Waals surface area contributed by atoms with Gasteiger partial charge in [0, 0.05) is 13.1 Å². The van der Waals surface area contributed by atoms with E-state index in [2.05, 4.69) is 29.2 Å². The fourth-order valence-corrected chi connectivity index (χ4v) is 5.10. The Kier molecular flexibility index (Phi) is 11.9. The Balaban J connectivity index is 1.73. The van der Waals surface area contributed by atoms with Gasteiger partial charge in [-0.15, -0.1) is 13.2 Å². The third-order valence-corrected chi connectivity index (χ3v) is 7.30. The molecule has 0 saturated carbocycles. The highest BCUT2D eigenvalue weighted by Gasteiger charge is 2.44. The van der Waals surface area contributed by atoms with Crippen LogP contribution in [-0.4, -0.2) is 90.2 Å². The molecule has 0 radical (unpaired) electrons. The fourth-order valence-electron chi connectivity index (χ4n) is 5.10. The van der Waals surface area contributed by atoms with E-state index < -0.39 is 47.8 Å². The number of nitrogens with one attached hydrogen (secondary N) is 3. The summed E-state index contributed by atoms with van der Waals surface area (Å²) in [5.74, 6) is -0.601. The number of carboxylic acid groups (broad SMARTS) is 1. The van der Waals surface area contributed by atoms with Crippen LogP contribution in [0.1, 0.15) is 38.3 Å². The molecule has 5 N–H and O–H groups in total. The molecule has 0 bridgehead atoms. The number of hydrogen-bond donors (Lipinski definition) is 5. The van der Waals surface area contributed by atoms with E-state index in [9.17, 15) is 24.6 Å². The Morgan fingerprint density at radius 1 is 1.12 bits per heavy atom. The van der Waals surface area contributed by atoms with Crippen molar-refractivity contribution in [2.75, 3.05) is 26.3 Å². The Morgan fingerprint density at radius 3 is 2.43 bits per heavy atom. The van der Waals surface area contributed by atoms with Crippen molar-refractivity contribution >= 4 is 18.1 Å². The van der Waals surface area contributed by atoms with Crippen LogP contribution in [0.2, 0.25) is 0 Å². The molecule has 0 aromatic heterocycles. The third kappa shape index (κ3) is 9.55. The van der Waals surface area contributed by atoms with Gasteiger partial charge in [0.15, 0.2) is 6.29 Å². The Labute approximate surface area is 247 Å². The minimum atomic E-state index is -1.33. The smallest absolute Gasteiger partial charge is 0.422 e. The number of nitrogens with zero attached hydrogens (tertiary/aromatic N) is 1. The highest BCUT2D eigenvalue weighted by atomic mass is 16.7. The van der Waals surface area contributed by atoms with E-state index in [-0.39, 0.29) is 38.3 Å². The van der Waals surface area contributed by atoms with Gasteiger partial charge in [-0.1, -0.05) is 57.2 Å². The summed E-state index contributed by atoms with van der Waals surface area (Å²) < 4.78 is 16.6. The Bertz CT molecular complexity index is 1090. The zero-order valence-corrected chi connectivity index (χ0v) is 24.6. The van der Waals surface area contributed by atoms with Gasteiger partial charge >= 0.3 is 12.2 Å². The first-order valence-electron chi connectivity index (χ1n) is 14.1. The summed E-state index contributed by atoms with van der Waals surface area (Å²) in [4.78, 5) is 37.5. The third-order valence-electron chi connectivity index (χ3n) is 7.30. The SMILES string of the molecule is C=CCc1ccc(CC(NC(=O)C(NC(=O)O)C(C)(C)C)C(O)CN(CC=C)NC(=O)OC2COC3OCCC23)cc1. The predicted molar refractivity (Wildman–Crippen MR) is 155 cm³/mol. The molecule has 0 spiro atoms. The van der Waals surface area contributed by atoms with Crippen molar-refractivity contribution < 1.29 is 38.8 Å². The van der Waals surface area contributed by atoms with Crippen molar-refractivity contribution in [2.45, 2.75) is 70.6 Å². The van der Waals surface area contributed by atoms with E-state index in [1.165, 1.54) is 5.01 Å². The second-order valence-electron chi connectivity index (χ2n) is 11.7. The lowest BCUT2D eigenvalue weighted by molar-refractivity contribution is -0.127. The van der Waals surface area contributed by atoms with Crippen molar-refractivity contribution in [3.8, 4) is 0 Å². The number of carbonyl (C=O) groups is 3. The molecule has 0 aliphatic carbocycles. The first kappa shape index (κ1) is 33.1. The molecule has 3 rings (SSSR count). The number of amides is 3. The summed E-state index contributed by atoms with van der Waals surface area (Å²) >= 11 is 0. The van der Waals surface area contributed by atoms with Crippen LogP contribution in [0.5, 0.6) is 0 Å². The Hall–Kier alpha value is -3.45. The maximum Gasteiger partial charge on any atom is 0.422 e. The van der Waals surface area contributed by atoms with Crippen molar-refractivity contribution in [3.05, 3.63) is 60.7 Å². The molecule has 6 atom stereocenters. The maximum atomic E-state index is 13.3. The number of rotatable bonds is 14. The van der Waals surface area contributed by atoms with Gasteiger partial charge in [-0.25, -0.2) is 14.6 Å². The van der Waals surface area contributed by atoms with E-state index in [0.717, 1.165) is 17.5 Å². The van der Waals surface area contributed by atoms with Crippen LogP contribution in [0.25, 0.3) is 0 Å². The number of allylic oxidation sites excluding steroid dienone is 1. The molecular weight excluding hydrogens is 544 g/mol. The van der Waals surface area contributed by atoms with Crippen LogP contribution in [0.3, 0.4) is 0 Å². The average molecular weight is 589 g/mol. The number of fused-ring (bicyclic) bond motifs is 1. The van der Waals surface area contributed by atoms with Gasteiger partial charge in [0.2, 0.25) is 5.91 Å². The van der Waals surface area contributed by atoms with Crippen LogP contribution in [0, 0.1) is 11.3 Å². The summed E-state index contributed by atoms with van der Waals surface area (Å²) in [6.45, 7) is 13.6. The monoisotopic (exact) mass is 588 g/mol. The summed E-state index contributed by atoms with van der Waals surface area (Å²) in [7, 11) is 0. The van der Waals surface area contributed by atoms with Gasteiger partial charge in [-0.3, -0.25) is 10.2 Å². The largest absolute Gasteiger partial charge is 0.465 e. The van der Waals surface area contributed by atoms with Crippen molar-refractivity contribution in [3.63, 3.8) is 0 Å². The molecule has 2 heterocycles. The van der Waals surface area contributed by atoms with Crippen LogP contribution in [0.15, 0.2) is 49.6 Å². The van der Waals surface area contributed by atoms with E-state index >= 15 is 0 Å². The van der Waals surface area contributed by atoms with Gasteiger partial charge < -0.3 is 35.1 Å². The zero-order chi connectivity index (χ0) is 30.9. The molecule has 1 aromatic carbocycles.